The highest BCUT2D eigenvalue weighted by molar-refractivity contribution is 5.89. The molecule has 0 radical (unpaired) electrons. The third kappa shape index (κ3) is 3.61. The summed E-state index contributed by atoms with van der Waals surface area (Å²) in [6.07, 6.45) is 3.85. The summed E-state index contributed by atoms with van der Waals surface area (Å²) < 4.78 is 11.0. The second kappa shape index (κ2) is 7.04. The molecule has 3 aromatic rings. The molecule has 1 aliphatic rings. The first-order valence-corrected chi connectivity index (χ1v) is 8.68. The Bertz CT molecular complexity index is 951. The number of hydrogen-bond donors (Lipinski definition) is 1. The first-order chi connectivity index (χ1) is 12.7. The van der Waals surface area contributed by atoms with Crippen molar-refractivity contribution in [3.8, 4) is 22.8 Å². The van der Waals surface area contributed by atoms with Gasteiger partial charge in [0.15, 0.2) is 6.61 Å². The van der Waals surface area contributed by atoms with Crippen LogP contribution in [0.3, 0.4) is 0 Å². The van der Waals surface area contributed by atoms with E-state index in [2.05, 4.69) is 22.4 Å². The summed E-state index contributed by atoms with van der Waals surface area (Å²) in [4.78, 5) is 16.0. The second-order valence-corrected chi connectivity index (χ2v) is 6.41. The molecule has 1 saturated carbocycles. The molecule has 0 bridgehead atoms. The van der Waals surface area contributed by atoms with Crippen molar-refractivity contribution in [1.29, 1.82) is 0 Å². The largest absolute Gasteiger partial charge is 0.484 e. The molecule has 0 unspecified atom stereocenters. The monoisotopic (exact) mass is 348 g/mol. The topological polar surface area (TPSA) is 60.5 Å². The van der Waals surface area contributed by atoms with Gasteiger partial charge in [0.2, 0.25) is 5.88 Å². The number of benzene rings is 2. The van der Waals surface area contributed by atoms with Crippen LogP contribution in [0.1, 0.15) is 12.8 Å². The maximum Gasteiger partial charge on any atom is 0.258 e. The highest BCUT2D eigenvalue weighted by Crippen LogP contribution is 2.31. The lowest BCUT2D eigenvalue weighted by Gasteiger charge is -2.10. The summed E-state index contributed by atoms with van der Waals surface area (Å²) in [5, 5.41) is 5.06. The van der Waals surface area contributed by atoms with Gasteiger partial charge in [-0.05, 0) is 59.5 Å². The van der Waals surface area contributed by atoms with Crippen molar-refractivity contribution in [2.45, 2.75) is 18.9 Å². The molecule has 1 aromatic heterocycles. The number of hydrogen-bond acceptors (Lipinski definition) is 4. The molecule has 5 nitrogen and oxygen atoms in total. The predicted octanol–water partition coefficient (Wildman–Crippen LogP) is 3.57. The summed E-state index contributed by atoms with van der Waals surface area (Å²) >= 11 is 0. The summed E-state index contributed by atoms with van der Waals surface area (Å²) in [6.45, 7) is 0.0398. The normalized spacial score (nSPS) is 13.4. The smallest absolute Gasteiger partial charge is 0.258 e. The van der Waals surface area contributed by atoms with E-state index in [0.29, 0.717) is 17.7 Å². The van der Waals surface area contributed by atoms with E-state index in [1.54, 1.807) is 13.3 Å². The lowest BCUT2D eigenvalue weighted by molar-refractivity contribution is -0.123. The highest BCUT2D eigenvalue weighted by atomic mass is 16.5. The molecule has 1 N–H and O–H groups in total. The Labute approximate surface area is 152 Å². The molecule has 0 spiro atoms. The van der Waals surface area contributed by atoms with Gasteiger partial charge in [0.1, 0.15) is 5.75 Å². The molecular formula is C21H20N2O3. The Morgan fingerprint density at radius 1 is 1.15 bits per heavy atom. The number of nitrogens with zero attached hydrogens (tertiary/aromatic N) is 1. The van der Waals surface area contributed by atoms with Crippen LogP contribution in [0.5, 0.6) is 11.6 Å². The molecule has 1 amide bonds. The van der Waals surface area contributed by atoms with E-state index in [4.69, 9.17) is 9.47 Å². The third-order valence-corrected chi connectivity index (χ3v) is 4.40. The van der Waals surface area contributed by atoms with E-state index in [9.17, 15) is 4.79 Å². The van der Waals surface area contributed by atoms with Crippen LogP contribution in [0.25, 0.3) is 21.9 Å². The Balaban J connectivity index is 1.57. The van der Waals surface area contributed by atoms with E-state index in [1.165, 1.54) is 0 Å². The average Bonchev–Trinajstić information content (AvgIpc) is 3.49. The molecule has 0 atom stereocenters. The van der Waals surface area contributed by atoms with Crippen LogP contribution in [0.4, 0.5) is 0 Å². The minimum Gasteiger partial charge on any atom is -0.484 e. The molecule has 26 heavy (non-hydrogen) atoms. The van der Waals surface area contributed by atoms with Gasteiger partial charge in [0, 0.05) is 17.8 Å². The van der Waals surface area contributed by atoms with Gasteiger partial charge in [-0.3, -0.25) is 4.79 Å². The molecular weight excluding hydrogens is 328 g/mol. The summed E-state index contributed by atoms with van der Waals surface area (Å²) in [6, 6.07) is 16.2. The molecule has 4 rings (SSSR count). The lowest BCUT2D eigenvalue weighted by Crippen LogP contribution is -2.30. The zero-order chi connectivity index (χ0) is 17.9. The predicted molar refractivity (Wildman–Crippen MR) is 100 cm³/mol. The summed E-state index contributed by atoms with van der Waals surface area (Å²) in [5.74, 6) is 1.20. The van der Waals surface area contributed by atoms with Gasteiger partial charge in [-0.2, -0.15) is 0 Å². The van der Waals surface area contributed by atoms with Gasteiger partial charge in [-0.15, -0.1) is 0 Å². The number of aromatic nitrogens is 1. The Kier molecular flexibility index (Phi) is 4.44. The van der Waals surface area contributed by atoms with E-state index in [1.807, 2.05) is 36.4 Å². The standard InChI is InChI=1S/C21H20N2O3/c1-25-21-19(3-2-10-22-21)15-5-4-14-6-9-18(12-16(14)11-15)26-13-20(24)23-17-7-8-17/h2-6,9-12,17H,7-8,13H2,1H3,(H,23,24). The van der Waals surface area contributed by atoms with Crippen LogP contribution >= 0.6 is 0 Å². The highest BCUT2D eigenvalue weighted by Gasteiger charge is 2.23. The van der Waals surface area contributed by atoms with Crippen LogP contribution in [0, 0.1) is 0 Å². The second-order valence-electron chi connectivity index (χ2n) is 6.41. The van der Waals surface area contributed by atoms with Crippen molar-refractivity contribution >= 4 is 16.7 Å². The van der Waals surface area contributed by atoms with Crippen LogP contribution in [0.15, 0.2) is 54.7 Å². The van der Waals surface area contributed by atoms with Crippen molar-refractivity contribution in [3.63, 3.8) is 0 Å². The van der Waals surface area contributed by atoms with Crippen LogP contribution in [-0.4, -0.2) is 30.6 Å². The van der Waals surface area contributed by atoms with Crippen LogP contribution in [-0.2, 0) is 4.79 Å². The van der Waals surface area contributed by atoms with Crippen LogP contribution in [0.2, 0.25) is 0 Å². The van der Waals surface area contributed by atoms with Gasteiger partial charge in [-0.1, -0.05) is 18.2 Å². The lowest BCUT2D eigenvalue weighted by atomic mass is 10.0. The van der Waals surface area contributed by atoms with Gasteiger partial charge in [-0.25, -0.2) is 4.98 Å². The van der Waals surface area contributed by atoms with Crippen molar-refractivity contribution in [1.82, 2.24) is 10.3 Å². The van der Waals surface area contributed by atoms with E-state index < -0.39 is 0 Å². The maximum atomic E-state index is 11.8. The number of ether oxygens (including phenoxy) is 2. The molecule has 1 heterocycles. The van der Waals surface area contributed by atoms with E-state index in [-0.39, 0.29) is 12.5 Å². The number of carbonyl (C=O) groups is 1. The molecule has 2 aromatic carbocycles. The molecule has 0 saturated heterocycles. The molecule has 0 aliphatic heterocycles. The number of rotatable bonds is 6. The number of amides is 1. The number of fused-ring (bicyclic) bond motifs is 1. The van der Waals surface area contributed by atoms with Crippen molar-refractivity contribution < 1.29 is 14.3 Å². The molecule has 1 aliphatic carbocycles. The fourth-order valence-electron chi connectivity index (χ4n) is 2.90. The molecule has 1 fully saturated rings. The number of pyridine rings is 1. The number of methoxy groups -OCH3 is 1. The fourth-order valence-corrected chi connectivity index (χ4v) is 2.90. The Hall–Kier alpha value is -3.08. The quantitative estimate of drug-likeness (QED) is 0.740. The Morgan fingerprint density at radius 2 is 2.00 bits per heavy atom. The van der Waals surface area contributed by atoms with Crippen molar-refractivity contribution in [3.05, 3.63) is 54.7 Å². The van der Waals surface area contributed by atoms with Gasteiger partial charge >= 0.3 is 0 Å². The first-order valence-electron chi connectivity index (χ1n) is 8.68. The van der Waals surface area contributed by atoms with E-state index >= 15 is 0 Å². The SMILES string of the molecule is COc1ncccc1-c1ccc2ccc(OCC(=O)NC3CC3)cc2c1. The minimum atomic E-state index is -0.0681. The maximum absolute atomic E-state index is 11.8. The average molecular weight is 348 g/mol. The fraction of sp³-hybridized carbons (Fsp3) is 0.238. The zero-order valence-electron chi connectivity index (χ0n) is 14.6. The molecule has 5 heteroatoms. The summed E-state index contributed by atoms with van der Waals surface area (Å²) in [5.41, 5.74) is 1.96. The van der Waals surface area contributed by atoms with Gasteiger partial charge in [0.25, 0.3) is 5.91 Å². The van der Waals surface area contributed by atoms with E-state index in [0.717, 1.165) is 34.7 Å². The Morgan fingerprint density at radius 3 is 2.81 bits per heavy atom. The first kappa shape index (κ1) is 16.4. The van der Waals surface area contributed by atoms with Crippen LogP contribution < -0.4 is 14.8 Å². The number of carbonyl (C=O) groups excluding carboxylic acids is 1. The van der Waals surface area contributed by atoms with Crippen molar-refractivity contribution in [2.75, 3.05) is 13.7 Å². The minimum absolute atomic E-state index is 0.0398. The molecule has 132 valence electrons. The zero-order valence-corrected chi connectivity index (χ0v) is 14.6. The van der Waals surface area contributed by atoms with Crippen molar-refractivity contribution in [2.24, 2.45) is 0 Å². The third-order valence-electron chi connectivity index (χ3n) is 4.40. The van der Waals surface area contributed by atoms with Gasteiger partial charge < -0.3 is 14.8 Å². The number of nitrogens with one attached hydrogen (secondary N) is 1. The van der Waals surface area contributed by atoms with Gasteiger partial charge in [0.05, 0.1) is 7.11 Å². The summed E-state index contributed by atoms with van der Waals surface area (Å²) in [7, 11) is 1.62.